The molecule has 0 saturated heterocycles. The molecule has 260 valence electrons. The summed E-state index contributed by atoms with van der Waals surface area (Å²) in [5, 5.41) is 1.93. The quantitative estimate of drug-likeness (QED) is 0.176. The van der Waals surface area contributed by atoms with Crippen LogP contribution in [0.25, 0.3) is 21.9 Å². The Hall–Kier alpha value is -3.06. The Morgan fingerprint density at radius 1 is 0.681 bits per heavy atom. The average Bonchev–Trinajstić information content (AvgIpc) is 2.99. The van der Waals surface area contributed by atoms with Crippen molar-refractivity contribution in [3.8, 4) is 34.1 Å². The second-order valence-corrected chi connectivity index (χ2v) is 25.0. The molecule has 0 aliphatic carbocycles. The molecule has 47 heavy (non-hydrogen) atoms. The Bertz CT molecular complexity index is 1600. The first kappa shape index (κ1) is 38.4. The molecule has 0 bridgehead atoms. The fourth-order valence-corrected chi connectivity index (χ4v) is 6.79. The van der Waals surface area contributed by atoms with Gasteiger partial charge in [0.15, 0.2) is 39.6 Å². The molecule has 0 heterocycles. The molecule has 1 amide bonds. The Labute approximate surface area is 284 Å². The van der Waals surface area contributed by atoms with Crippen LogP contribution in [-0.2, 0) is 22.1 Å². The van der Waals surface area contributed by atoms with Crippen molar-refractivity contribution in [1.29, 1.82) is 0 Å². The van der Waals surface area contributed by atoms with E-state index in [2.05, 4.69) is 73.8 Å². The van der Waals surface area contributed by atoms with E-state index >= 15 is 0 Å². The van der Waals surface area contributed by atoms with Crippen LogP contribution in [0.5, 0.6) is 23.0 Å². The third-order valence-electron chi connectivity index (χ3n) is 10.0. The topological polar surface area (TPSA) is 75.7 Å². The fraction of sp³-hybridized carbons (Fsp3) is 0.541. The van der Waals surface area contributed by atoms with Gasteiger partial charge in [0.25, 0.3) is 5.91 Å². The molecule has 8 nitrogen and oxygen atoms in total. The van der Waals surface area contributed by atoms with E-state index in [4.69, 9.17) is 27.8 Å². The summed E-state index contributed by atoms with van der Waals surface area (Å²) in [4.78, 5) is 15.1. The maximum absolute atomic E-state index is 13.6. The van der Waals surface area contributed by atoms with E-state index in [0.717, 1.165) is 33.0 Å². The predicted molar refractivity (Wildman–Crippen MR) is 198 cm³/mol. The first-order chi connectivity index (χ1) is 21.6. The van der Waals surface area contributed by atoms with Crippen molar-refractivity contribution >= 4 is 33.3 Å². The smallest absolute Gasteiger partial charge is 0.257 e. The summed E-state index contributed by atoms with van der Waals surface area (Å²) in [6.07, 6.45) is 0. The minimum atomic E-state index is -2.18. The van der Waals surface area contributed by atoms with Crippen LogP contribution in [0.3, 0.4) is 0 Å². The number of amides is 1. The molecule has 0 fully saturated rings. The van der Waals surface area contributed by atoms with Crippen molar-refractivity contribution in [2.75, 3.05) is 42.5 Å². The second-order valence-electron chi connectivity index (χ2n) is 15.4. The first-order valence-corrected chi connectivity index (χ1v) is 21.9. The second kappa shape index (κ2) is 14.2. The monoisotopic (exact) mass is 683 g/mol. The molecule has 3 rings (SSSR count). The SMILES string of the molecule is COc1cc2cc(CO[Si](C)(C)C(C)(C)C)c(CO[Si](C)(C)C(C)(C)C)c(-c3cc(OC)c(OC)c(C(=O)N(C)C)c3)c2cc1OC. The molecule has 0 atom stereocenters. The number of hydrogen-bond acceptors (Lipinski definition) is 7. The summed E-state index contributed by atoms with van der Waals surface area (Å²) in [7, 11) is 5.56. The van der Waals surface area contributed by atoms with Crippen molar-refractivity contribution < 1.29 is 32.6 Å². The van der Waals surface area contributed by atoms with E-state index < -0.39 is 16.6 Å². The van der Waals surface area contributed by atoms with Gasteiger partial charge in [-0.1, -0.05) is 41.5 Å². The third-order valence-corrected chi connectivity index (χ3v) is 19.0. The molecule has 3 aromatic carbocycles. The lowest BCUT2D eigenvalue weighted by molar-refractivity contribution is 0.0823. The van der Waals surface area contributed by atoms with Crippen LogP contribution in [0.1, 0.15) is 63.0 Å². The van der Waals surface area contributed by atoms with E-state index in [1.807, 2.05) is 24.3 Å². The summed E-state index contributed by atoms with van der Waals surface area (Å²) in [5.41, 5.74) is 4.15. The van der Waals surface area contributed by atoms with Crippen molar-refractivity contribution in [3.05, 3.63) is 47.0 Å². The molecule has 0 spiro atoms. The molecule has 0 N–H and O–H groups in total. The normalized spacial score (nSPS) is 12.7. The van der Waals surface area contributed by atoms with Gasteiger partial charge < -0.3 is 32.7 Å². The number of rotatable bonds is 12. The Kier molecular flexibility index (Phi) is 11.6. The number of hydrogen-bond donors (Lipinski definition) is 0. The Morgan fingerprint density at radius 3 is 1.66 bits per heavy atom. The van der Waals surface area contributed by atoms with Crippen LogP contribution in [0, 0.1) is 0 Å². The van der Waals surface area contributed by atoms with Crippen LogP contribution in [0.4, 0.5) is 0 Å². The molecular formula is C37H57NO7Si2. The number of benzene rings is 3. The van der Waals surface area contributed by atoms with Crippen LogP contribution < -0.4 is 18.9 Å². The lowest BCUT2D eigenvalue weighted by Gasteiger charge is -2.38. The van der Waals surface area contributed by atoms with Crippen molar-refractivity contribution in [3.63, 3.8) is 0 Å². The van der Waals surface area contributed by atoms with E-state index in [1.54, 1.807) is 42.5 Å². The summed E-state index contributed by atoms with van der Waals surface area (Å²) >= 11 is 0. The molecule has 0 aliphatic heterocycles. The van der Waals surface area contributed by atoms with Gasteiger partial charge in [-0.15, -0.1) is 0 Å². The van der Waals surface area contributed by atoms with Crippen molar-refractivity contribution in [1.82, 2.24) is 4.90 Å². The summed E-state index contributed by atoms with van der Waals surface area (Å²) < 4.78 is 36.9. The predicted octanol–water partition coefficient (Wildman–Crippen LogP) is 9.29. The van der Waals surface area contributed by atoms with Gasteiger partial charge in [-0.3, -0.25) is 4.79 Å². The highest BCUT2D eigenvalue weighted by Crippen LogP contribution is 2.46. The van der Waals surface area contributed by atoms with Gasteiger partial charge in [-0.05, 0) is 99.6 Å². The van der Waals surface area contributed by atoms with E-state index in [-0.39, 0.29) is 16.0 Å². The van der Waals surface area contributed by atoms with Crippen LogP contribution in [-0.4, -0.2) is 70.0 Å². The molecular weight excluding hydrogens is 627 g/mol. The van der Waals surface area contributed by atoms with Gasteiger partial charge in [0, 0.05) is 14.1 Å². The van der Waals surface area contributed by atoms with Crippen LogP contribution in [0.2, 0.25) is 36.3 Å². The maximum Gasteiger partial charge on any atom is 0.257 e. The molecule has 0 unspecified atom stereocenters. The van der Waals surface area contributed by atoms with Gasteiger partial charge in [-0.25, -0.2) is 0 Å². The van der Waals surface area contributed by atoms with Gasteiger partial charge in [0.2, 0.25) is 0 Å². The number of fused-ring (bicyclic) bond motifs is 1. The van der Waals surface area contributed by atoms with Gasteiger partial charge in [-0.2, -0.15) is 0 Å². The molecule has 3 aromatic rings. The number of nitrogens with zero attached hydrogens (tertiary/aromatic N) is 1. The summed E-state index contributed by atoms with van der Waals surface area (Å²) in [6, 6.07) is 10.0. The van der Waals surface area contributed by atoms with E-state index in [1.165, 1.54) is 4.90 Å². The Morgan fingerprint density at radius 2 is 1.19 bits per heavy atom. The zero-order valence-corrected chi connectivity index (χ0v) is 33.6. The first-order valence-electron chi connectivity index (χ1n) is 16.1. The average molecular weight is 684 g/mol. The summed E-state index contributed by atoms with van der Waals surface area (Å²) in [6.45, 7) is 23.3. The number of methoxy groups -OCH3 is 4. The van der Waals surface area contributed by atoms with Crippen LogP contribution in [0.15, 0.2) is 30.3 Å². The van der Waals surface area contributed by atoms with E-state index in [0.29, 0.717) is 41.8 Å². The lowest BCUT2D eigenvalue weighted by Crippen LogP contribution is -2.41. The van der Waals surface area contributed by atoms with Crippen molar-refractivity contribution in [2.45, 2.75) is 91.0 Å². The zero-order valence-electron chi connectivity index (χ0n) is 31.6. The number of carbonyl (C=O) groups is 1. The number of carbonyl (C=O) groups excluding carboxylic acids is 1. The van der Waals surface area contributed by atoms with E-state index in [9.17, 15) is 4.79 Å². The fourth-order valence-electron chi connectivity index (χ4n) is 4.90. The lowest BCUT2D eigenvalue weighted by atomic mass is 9.88. The standard InChI is InChI=1S/C37H57NO7Si2/c1-36(2,3)46(13,14)44-22-26-17-24-19-30(40-9)31(41-10)21-27(24)33(29(26)23-45-47(15,16)37(4,5)6)25-18-28(35(39)38(7)8)34(43-12)32(20-25)42-11/h17-21H,22-23H2,1-16H3. The van der Waals surface area contributed by atoms with Gasteiger partial charge in [0.05, 0.1) is 47.2 Å². The Balaban J connectivity index is 2.54. The zero-order chi connectivity index (χ0) is 35.7. The van der Waals surface area contributed by atoms with Gasteiger partial charge >= 0.3 is 0 Å². The minimum absolute atomic E-state index is 0.00698. The maximum atomic E-state index is 13.6. The molecule has 0 saturated carbocycles. The van der Waals surface area contributed by atoms with Gasteiger partial charge in [0.1, 0.15) is 0 Å². The largest absolute Gasteiger partial charge is 0.493 e. The van der Waals surface area contributed by atoms with Crippen LogP contribution >= 0.6 is 0 Å². The molecule has 10 heteroatoms. The van der Waals surface area contributed by atoms with Crippen molar-refractivity contribution in [2.24, 2.45) is 0 Å². The molecule has 0 radical (unpaired) electrons. The highest BCUT2D eigenvalue weighted by molar-refractivity contribution is 6.74. The molecule has 0 aromatic heterocycles. The minimum Gasteiger partial charge on any atom is -0.493 e. The highest BCUT2D eigenvalue weighted by atomic mass is 28.4. The molecule has 0 aliphatic rings. The third kappa shape index (κ3) is 7.99. The highest BCUT2D eigenvalue weighted by Gasteiger charge is 2.39. The number of ether oxygens (including phenoxy) is 4. The summed E-state index contributed by atoms with van der Waals surface area (Å²) in [5.74, 6) is 1.89.